The Morgan fingerprint density at radius 1 is 1.16 bits per heavy atom. The lowest BCUT2D eigenvalue weighted by Crippen LogP contribution is -2.51. The van der Waals surface area contributed by atoms with Crippen molar-refractivity contribution in [2.45, 2.75) is 18.2 Å². The van der Waals surface area contributed by atoms with Crippen molar-refractivity contribution in [2.75, 3.05) is 18.5 Å². The molecule has 2 aromatic carbocycles. The van der Waals surface area contributed by atoms with E-state index in [9.17, 15) is 27.5 Å². The standard InChI is InChI=1S/C22H19F4N3O3/c1-29-20(30)16-6-3-2-5-15(16)19(28-29)27-12-21(31,22(24,25)26)11-13-9-10-32-18-14(13)7-4-8-17(18)23/h2-9,31H,10-12H2,1H3,(H,27,28). The van der Waals surface area contributed by atoms with E-state index in [0.717, 1.165) is 10.7 Å². The zero-order valence-corrected chi connectivity index (χ0v) is 16.9. The lowest BCUT2D eigenvalue weighted by molar-refractivity contribution is -0.252. The fraction of sp³-hybridized carbons (Fsp3) is 0.273. The molecule has 1 aliphatic rings. The molecule has 0 fully saturated rings. The molecule has 32 heavy (non-hydrogen) atoms. The number of hydrogen-bond donors (Lipinski definition) is 2. The van der Waals surface area contributed by atoms with E-state index in [2.05, 4.69) is 10.4 Å². The molecule has 0 saturated carbocycles. The number of alkyl halides is 3. The molecule has 1 aromatic heterocycles. The van der Waals surface area contributed by atoms with E-state index in [1.165, 1.54) is 25.3 Å². The van der Waals surface area contributed by atoms with Gasteiger partial charge in [-0.1, -0.05) is 30.3 Å². The molecule has 10 heteroatoms. The van der Waals surface area contributed by atoms with Crippen LogP contribution in [0, 0.1) is 5.82 Å². The number of halogens is 4. The molecule has 0 spiro atoms. The smallest absolute Gasteiger partial charge is 0.419 e. The summed E-state index contributed by atoms with van der Waals surface area (Å²) in [6.45, 7) is -1.05. The molecular weight excluding hydrogens is 430 g/mol. The highest BCUT2D eigenvalue weighted by molar-refractivity contribution is 5.90. The number of para-hydroxylation sites is 1. The van der Waals surface area contributed by atoms with Gasteiger partial charge in [0, 0.05) is 24.4 Å². The van der Waals surface area contributed by atoms with E-state index >= 15 is 0 Å². The van der Waals surface area contributed by atoms with Crippen LogP contribution in [0.5, 0.6) is 5.75 Å². The van der Waals surface area contributed by atoms with Crippen LogP contribution in [0.2, 0.25) is 0 Å². The summed E-state index contributed by atoms with van der Waals surface area (Å²) < 4.78 is 62.2. The number of rotatable bonds is 5. The highest BCUT2D eigenvalue weighted by Crippen LogP contribution is 2.42. The summed E-state index contributed by atoms with van der Waals surface area (Å²) in [6, 6.07) is 10.3. The average molecular weight is 449 g/mol. The van der Waals surface area contributed by atoms with Crippen LogP contribution in [-0.2, 0) is 7.05 Å². The van der Waals surface area contributed by atoms with Gasteiger partial charge in [-0.25, -0.2) is 9.07 Å². The number of aryl methyl sites for hydroxylation is 1. The molecule has 1 atom stereocenters. The predicted molar refractivity (Wildman–Crippen MR) is 111 cm³/mol. The fourth-order valence-electron chi connectivity index (χ4n) is 3.65. The summed E-state index contributed by atoms with van der Waals surface area (Å²) in [5.74, 6) is -0.811. The molecule has 168 valence electrons. The molecule has 0 aliphatic carbocycles. The number of ether oxygens (including phenoxy) is 1. The Balaban J connectivity index is 1.67. The van der Waals surface area contributed by atoms with Gasteiger partial charge in [-0.15, -0.1) is 0 Å². The molecule has 0 amide bonds. The maximum absolute atomic E-state index is 14.0. The van der Waals surface area contributed by atoms with E-state index in [0.29, 0.717) is 5.39 Å². The van der Waals surface area contributed by atoms with Crippen LogP contribution in [0.1, 0.15) is 12.0 Å². The zero-order valence-electron chi connectivity index (χ0n) is 16.9. The number of anilines is 1. The molecule has 0 saturated heterocycles. The van der Waals surface area contributed by atoms with Crippen LogP contribution in [0.15, 0.2) is 53.3 Å². The first-order valence-corrected chi connectivity index (χ1v) is 9.70. The van der Waals surface area contributed by atoms with Crippen molar-refractivity contribution in [1.82, 2.24) is 9.78 Å². The second kappa shape index (κ2) is 7.94. The first-order valence-electron chi connectivity index (χ1n) is 9.70. The third-order valence-corrected chi connectivity index (χ3v) is 5.39. The van der Waals surface area contributed by atoms with Gasteiger partial charge >= 0.3 is 6.18 Å². The monoisotopic (exact) mass is 449 g/mol. The van der Waals surface area contributed by atoms with Crippen molar-refractivity contribution < 1.29 is 27.4 Å². The molecule has 3 aromatic rings. The molecule has 4 rings (SSSR count). The molecule has 1 aliphatic heterocycles. The molecule has 0 bridgehead atoms. The topological polar surface area (TPSA) is 76.4 Å². The van der Waals surface area contributed by atoms with Crippen molar-refractivity contribution in [3.05, 3.63) is 70.3 Å². The second-order valence-electron chi connectivity index (χ2n) is 7.54. The number of benzene rings is 2. The van der Waals surface area contributed by atoms with Crippen molar-refractivity contribution >= 4 is 22.2 Å². The van der Waals surface area contributed by atoms with E-state index in [-0.39, 0.29) is 34.7 Å². The third kappa shape index (κ3) is 3.81. The minimum Gasteiger partial charge on any atom is -0.486 e. The van der Waals surface area contributed by atoms with Gasteiger partial charge in [0.15, 0.2) is 23.0 Å². The normalized spacial score (nSPS) is 15.5. The number of aromatic nitrogens is 2. The highest BCUT2D eigenvalue weighted by atomic mass is 19.4. The van der Waals surface area contributed by atoms with Crippen molar-refractivity contribution in [2.24, 2.45) is 7.05 Å². The van der Waals surface area contributed by atoms with E-state index in [1.54, 1.807) is 24.3 Å². The Morgan fingerprint density at radius 2 is 1.88 bits per heavy atom. The second-order valence-corrected chi connectivity index (χ2v) is 7.54. The van der Waals surface area contributed by atoms with Gasteiger partial charge in [0.05, 0.1) is 11.9 Å². The van der Waals surface area contributed by atoms with Crippen LogP contribution in [-0.4, -0.2) is 39.8 Å². The van der Waals surface area contributed by atoms with Gasteiger partial charge in [0.2, 0.25) is 0 Å². The Morgan fingerprint density at radius 3 is 2.59 bits per heavy atom. The Labute approximate surface area is 179 Å². The summed E-state index contributed by atoms with van der Waals surface area (Å²) in [6.07, 6.45) is -4.45. The van der Waals surface area contributed by atoms with Gasteiger partial charge in [-0.2, -0.15) is 18.3 Å². The third-order valence-electron chi connectivity index (χ3n) is 5.39. The van der Waals surface area contributed by atoms with Gasteiger partial charge in [-0.3, -0.25) is 4.79 Å². The Bertz CT molecular complexity index is 1270. The lowest BCUT2D eigenvalue weighted by Gasteiger charge is -2.33. The summed E-state index contributed by atoms with van der Waals surface area (Å²) in [4.78, 5) is 12.2. The first kappa shape index (κ1) is 21.8. The maximum atomic E-state index is 14.0. The van der Waals surface area contributed by atoms with Crippen LogP contribution < -0.4 is 15.6 Å². The SMILES string of the molecule is Cn1nc(NCC(O)(CC2=CCOc3c(F)cccc32)C(F)(F)F)c2ccccc2c1=O. The fourth-order valence-corrected chi connectivity index (χ4v) is 3.65. The quantitative estimate of drug-likeness (QED) is 0.582. The summed E-state index contributed by atoms with van der Waals surface area (Å²) >= 11 is 0. The van der Waals surface area contributed by atoms with Gasteiger partial charge in [-0.05, 0) is 23.8 Å². The predicted octanol–water partition coefficient (Wildman–Crippen LogP) is 3.64. The largest absolute Gasteiger partial charge is 0.486 e. The molecule has 0 radical (unpaired) electrons. The van der Waals surface area contributed by atoms with Crippen LogP contribution in [0.3, 0.4) is 0 Å². The Kier molecular flexibility index (Phi) is 5.41. The molecule has 2 N–H and O–H groups in total. The highest BCUT2D eigenvalue weighted by Gasteiger charge is 2.54. The van der Waals surface area contributed by atoms with Crippen LogP contribution >= 0.6 is 0 Å². The Hall–Kier alpha value is -3.40. The number of hydrogen-bond acceptors (Lipinski definition) is 5. The number of aliphatic hydroxyl groups is 1. The molecular formula is C22H19F4N3O3. The molecule has 1 unspecified atom stereocenters. The summed E-state index contributed by atoms with van der Waals surface area (Å²) in [7, 11) is 1.38. The van der Waals surface area contributed by atoms with E-state index in [1.807, 2.05) is 0 Å². The van der Waals surface area contributed by atoms with Crippen LogP contribution in [0.4, 0.5) is 23.4 Å². The number of fused-ring (bicyclic) bond motifs is 2. The molecule has 2 heterocycles. The minimum absolute atomic E-state index is 0.0257. The lowest BCUT2D eigenvalue weighted by atomic mass is 9.88. The van der Waals surface area contributed by atoms with E-state index in [4.69, 9.17) is 4.74 Å². The average Bonchev–Trinajstić information content (AvgIpc) is 2.75. The summed E-state index contributed by atoms with van der Waals surface area (Å²) in [5.41, 5.74) is -3.32. The minimum atomic E-state index is -5.01. The first-order chi connectivity index (χ1) is 15.1. The van der Waals surface area contributed by atoms with Gasteiger partial charge < -0.3 is 15.2 Å². The number of nitrogens with zero attached hydrogens (tertiary/aromatic N) is 2. The van der Waals surface area contributed by atoms with E-state index < -0.39 is 36.1 Å². The zero-order chi connectivity index (χ0) is 23.1. The van der Waals surface area contributed by atoms with Crippen molar-refractivity contribution in [1.29, 1.82) is 0 Å². The van der Waals surface area contributed by atoms with Crippen molar-refractivity contribution in [3.8, 4) is 5.75 Å². The van der Waals surface area contributed by atoms with Gasteiger partial charge in [0.25, 0.3) is 5.56 Å². The maximum Gasteiger partial charge on any atom is 0.419 e. The summed E-state index contributed by atoms with van der Waals surface area (Å²) in [5, 5.41) is 17.9. The van der Waals surface area contributed by atoms with Crippen molar-refractivity contribution in [3.63, 3.8) is 0 Å². The number of nitrogens with one attached hydrogen (secondary N) is 1. The molecule has 6 nitrogen and oxygen atoms in total. The van der Waals surface area contributed by atoms with Crippen LogP contribution in [0.25, 0.3) is 16.3 Å². The van der Waals surface area contributed by atoms with Gasteiger partial charge in [0.1, 0.15) is 6.61 Å².